The van der Waals surface area contributed by atoms with Crippen molar-refractivity contribution >= 4 is 18.0 Å². The summed E-state index contributed by atoms with van der Waals surface area (Å²) in [7, 11) is 6.48. The predicted octanol–water partition coefficient (Wildman–Crippen LogP) is 1.13. The van der Waals surface area contributed by atoms with Gasteiger partial charge in [-0.3, -0.25) is 4.79 Å². The lowest BCUT2D eigenvalue weighted by Gasteiger charge is -1.99. The van der Waals surface area contributed by atoms with Crippen LogP contribution in [0.1, 0.15) is 18.1 Å². The zero-order valence-corrected chi connectivity index (χ0v) is 14.3. The van der Waals surface area contributed by atoms with E-state index < -0.39 is 0 Å². The van der Waals surface area contributed by atoms with Gasteiger partial charge in [0.25, 0.3) is 0 Å². The smallest absolute Gasteiger partial charge is 0.330 e. The van der Waals surface area contributed by atoms with Gasteiger partial charge in [0.15, 0.2) is 0 Å². The van der Waals surface area contributed by atoms with E-state index >= 15 is 0 Å². The molecule has 2 rings (SSSR count). The maximum Gasteiger partial charge on any atom is 0.330 e. The van der Waals surface area contributed by atoms with Gasteiger partial charge in [0.1, 0.15) is 11.6 Å². The van der Waals surface area contributed by atoms with Crippen molar-refractivity contribution < 1.29 is 19.1 Å². The van der Waals surface area contributed by atoms with Crippen LogP contribution < -0.4 is 0 Å². The first-order valence-corrected chi connectivity index (χ1v) is 7.24. The summed E-state index contributed by atoms with van der Waals surface area (Å²) in [4.78, 5) is 29.5. The minimum atomic E-state index is -0.377. The third-order valence-electron chi connectivity index (χ3n) is 3.13. The third kappa shape index (κ3) is 6.47. The highest BCUT2D eigenvalue weighted by molar-refractivity contribution is 5.86. The summed E-state index contributed by atoms with van der Waals surface area (Å²) >= 11 is 0. The molecule has 0 aromatic carbocycles. The lowest BCUT2D eigenvalue weighted by molar-refractivity contribution is -0.140. The first kappa shape index (κ1) is 19.1. The molecule has 0 atom stereocenters. The molecule has 0 saturated carbocycles. The van der Waals surface area contributed by atoms with E-state index in [4.69, 9.17) is 0 Å². The largest absolute Gasteiger partial charge is 0.469 e. The van der Waals surface area contributed by atoms with E-state index in [1.807, 2.05) is 24.9 Å². The van der Waals surface area contributed by atoms with Gasteiger partial charge in [0, 0.05) is 51.4 Å². The van der Waals surface area contributed by atoms with Gasteiger partial charge in [0.2, 0.25) is 0 Å². The molecule has 0 radical (unpaired) electrons. The summed E-state index contributed by atoms with van der Waals surface area (Å²) in [5.74, 6) is 1.05. The zero-order valence-electron chi connectivity index (χ0n) is 14.3. The Morgan fingerprint density at radius 2 is 1.75 bits per heavy atom. The van der Waals surface area contributed by atoms with Crippen LogP contribution in [0, 0.1) is 0 Å². The van der Waals surface area contributed by atoms with Crippen molar-refractivity contribution in [2.24, 2.45) is 14.1 Å². The molecule has 0 N–H and O–H groups in total. The van der Waals surface area contributed by atoms with Crippen LogP contribution in [-0.2, 0) is 39.6 Å². The van der Waals surface area contributed by atoms with Gasteiger partial charge < -0.3 is 18.6 Å². The molecular weight excluding hydrogens is 312 g/mol. The Morgan fingerprint density at radius 3 is 2.25 bits per heavy atom. The summed E-state index contributed by atoms with van der Waals surface area (Å²) < 4.78 is 12.6. The maximum absolute atomic E-state index is 10.8. The molecule has 0 aliphatic heterocycles. The predicted molar refractivity (Wildman–Crippen MR) is 87.8 cm³/mol. The Hall–Kier alpha value is -2.90. The molecule has 0 unspecified atom stereocenters. The Balaban J connectivity index is 0.000000240. The van der Waals surface area contributed by atoms with E-state index in [9.17, 15) is 9.59 Å². The fourth-order valence-corrected chi connectivity index (χ4v) is 1.70. The molecule has 0 aliphatic carbocycles. The molecule has 2 aromatic rings. The molecular formula is C16H22N4O4. The second-order valence-electron chi connectivity index (χ2n) is 4.78. The first-order valence-electron chi connectivity index (χ1n) is 7.24. The molecule has 0 fully saturated rings. The molecule has 24 heavy (non-hydrogen) atoms. The molecule has 2 aromatic heterocycles. The highest BCUT2D eigenvalue weighted by Crippen LogP contribution is 1.99. The number of imidazole rings is 2. The van der Waals surface area contributed by atoms with Crippen molar-refractivity contribution in [2.45, 2.75) is 12.8 Å². The van der Waals surface area contributed by atoms with Gasteiger partial charge in [-0.05, 0) is 6.08 Å². The topological polar surface area (TPSA) is 88.2 Å². The summed E-state index contributed by atoms with van der Waals surface area (Å²) in [6.45, 7) is 0. The van der Waals surface area contributed by atoms with Crippen LogP contribution in [0.15, 0.2) is 30.9 Å². The van der Waals surface area contributed by atoms with Crippen molar-refractivity contribution in [1.29, 1.82) is 0 Å². The summed E-state index contributed by atoms with van der Waals surface area (Å²) in [5, 5.41) is 0. The highest BCUT2D eigenvalue weighted by Gasteiger charge is 2.03. The van der Waals surface area contributed by atoms with Crippen LogP contribution in [-0.4, -0.2) is 45.3 Å². The number of nitrogens with zero attached hydrogens (tertiary/aromatic N) is 4. The summed E-state index contributed by atoms with van der Waals surface area (Å²) in [6, 6.07) is 0. The Labute approximate surface area is 140 Å². The number of methoxy groups -OCH3 is 2. The fraction of sp³-hybridized carbons (Fsp3) is 0.375. The van der Waals surface area contributed by atoms with Crippen LogP contribution in [0.2, 0.25) is 0 Å². The normalized spacial score (nSPS) is 10.2. The Kier molecular flexibility index (Phi) is 7.97. The number of esters is 2. The van der Waals surface area contributed by atoms with Gasteiger partial charge in [-0.1, -0.05) is 0 Å². The minimum absolute atomic E-state index is 0.196. The average molecular weight is 334 g/mol. The van der Waals surface area contributed by atoms with E-state index in [1.54, 1.807) is 29.2 Å². The van der Waals surface area contributed by atoms with Gasteiger partial charge in [-0.2, -0.15) is 0 Å². The molecule has 0 spiro atoms. The van der Waals surface area contributed by atoms with Crippen LogP contribution in [0.5, 0.6) is 0 Å². The lowest BCUT2D eigenvalue weighted by atomic mass is 10.3. The molecule has 8 nitrogen and oxygen atoms in total. The lowest BCUT2D eigenvalue weighted by Crippen LogP contribution is -2.05. The molecule has 8 heteroatoms. The summed E-state index contributed by atoms with van der Waals surface area (Å²) in [5.41, 5.74) is 0. The minimum Gasteiger partial charge on any atom is -0.469 e. The third-order valence-corrected chi connectivity index (χ3v) is 3.13. The van der Waals surface area contributed by atoms with Gasteiger partial charge in [-0.25, -0.2) is 14.8 Å². The molecule has 130 valence electrons. The summed E-state index contributed by atoms with van der Waals surface area (Å²) in [6.07, 6.45) is 11.0. The average Bonchev–Trinajstić information content (AvgIpc) is 3.19. The number of hydrogen-bond acceptors (Lipinski definition) is 6. The Bertz CT molecular complexity index is 688. The number of aryl methyl sites for hydroxylation is 3. The van der Waals surface area contributed by atoms with Crippen molar-refractivity contribution in [3.8, 4) is 0 Å². The van der Waals surface area contributed by atoms with Crippen LogP contribution >= 0.6 is 0 Å². The second-order valence-corrected chi connectivity index (χ2v) is 4.78. The van der Waals surface area contributed by atoms with Crippen molar-refractivity contribution in [2.75, 3.05) is 14.2 Å². The number of rotatable bonds is 5. The maximum atomic E-state index is 10.8. The van der Waals surface area contributed by atoms with E-state index in [0.29, 0.717) is 12.8 Å². The van der Waals surface area contributed by atoms with Gasteiger partial charge in [-0.15, -0.1) is 0 Å². The zero-order chi connectivity index (χ0) is 17.9. The van der Waals surface area contributed by atoms with Crippen molar-refractivity contribution in [1.82, 2.24) is 19.1 Å². The van der Waals surface area contributed by atoms with E-state index in [0.717, 1.165) is 11.6 Å². The standard InChI is InChI=1S/C8H12N2O2.C8H10N2O2/c2*1-10-6-5-9-7(10)3-4-8(11)12-2/h5-6H,3-4H2,1-2H3;3-6H,1-2H3/b;4-3+. The van der Waals surface area contributed by atoms with Gasteiger partial charge >= 0.3 is 11.9 Å². The number of carbonyl (C=O) groups is 2. The van der Waals surface area contributed by atoms with Gasteiger partial charge in [0.05, 0.1) is 20.6 Å². The van der Waals surface area contributed by atoms with Crippen molar-refractivity contribution in [3.63, 3.8) is 0 Å². The SMILES string of the molecule is COC(=O)/C=C/c1nccn1C.COC(=O)CCc1nccn1C. The van der Waals surface area contributed by atoms with E-state index in [1.165, 1.54) is 20.3 Å². The van der Waals surface area contributed by atoms with E-state index in [-0.39, 0.29) is 11.9 Å². The first-order chi connectivity index (χ1) is 11.5. The number of aromatic nitrogens is 4. The molecule has 2 heterocycles. The highest BCUT2D eigenvalue weighted by atomic mass is 16.5. The fourth-order valence-electron chi connectivity index (χ4n) is 1.70. The second kappa shape index (κ2) is 9.98. The van der Waals surface area contributed by atoms with Crippen LogP contribution in [0.25, 0.3) is 6.08 Å². The number of hydrogen-bond donors (Lipinski definition) is 0. The number of carbonyl (C=O) groups excluding carboxylic acids is 2. The quantitative estimate of drug-likeness (QED) is 0.602. The van der Waals surface area contributed by atoms with Crippen molar-refractivity contribution in [3.05, 3.63) is 42.5 Å². The Morgan fingerprint density at radius 1 is 1.08 bits per heavy atom. The van der Waals surface area contributed by atoms with Crippen LogP contribution in [0.4, 0.5) is 0 Å². The molecule has 0 aliphatic rings. The van der Waals surface area contributed by atoms with Crippen LogP contribution in [0.3, 0.4) is 0 Å². The number of ether oxygens (including phenoxy) is 2. The molecule has 0 saturated heterocycles. The monoisotopic (exact) mass is 334 g/mol. The van der Waals surface area contributed by atoms with E-state index in [2.05, 4.69) is 19.4 Å². The molecule has 0 amide bonds. The molecule has 0 bridgehead atoms.